The van der Waals surface area contributed by atoms with E-state index in [9.17, 15) is 4.79 Å². The second-order valence-electron chi connectivity index (χ2n) is 3.79. The van der Waals surface area contributed by atoms with Crippen LogP contribution in [0, 0.1) is 0 Å². The van der Waals surface area contributed by atoms with Gasteiger partial charge in [0.05, 0.1) is 0 Å². The van der Waals surface area contributed by atoms with Gasteiger partial charge >= 0.3 is 0 Å². The van der Waals surface area contributed by atoms with Crippen molar-refractivity contribution in [1.29, 1.82) is 0 Å². The lowest BCUT2D eigenvalue weighted by molar-refractivity contribution is -0.114. The van der Waals surface area contributed by atoms with Crippen LogP contribution in [0.4, 0.5) is 0 Å². The summed E-state index contributed by atoms with van der Waals surface area (Å²) < 4.78 is 5.72. The monoisotopic (exact) mass is 198 g/mol. The maximum absolute atomic E-state index is 11.3. The zero-order valence-corrected chi connectivity index (χ0v) is 8.19. The number of ether oxygens (including phenoxy) is 1. The highest BCUT2D eigenvalue weighted by Gasteiger charge is 2.22. The van der Waals surface area contributed by atoms with Crippen LogP contribution in [-0.4, -0.2) is 5.78 Å². The quantitative estimate of drug-likeness (QED) is 0.639. The Bertz CT molecular complexity index is 495. The molecule has 0 spiro atoms. The lowest BCUT2D eigenvalue weighted by Crippen LogP contribution is -2.15. The standard InChI is InChI=1S/C13H10O2/c14-11-5-6-13-10(8-11)7-9-3-1-2-4-12(9)15-13/h1-4,6,8H,5,7H2. The van der Waals surface area contributed by atoms with Crippen molar-refractivity contribution >= 4 is 5.78 Å². The van der Waals surface area contributed by atoms with E-state index in [4.69, 9.17) is 4.74 Å². The van der Waals surface area contributed by atoms with Crippen LogP contribution in [0.2, 0.25) is 0 Å². The highest BCUT2D eigenvalue weighted by Crippen LogP contribution is 2.33. The van der Waals surface area contributed by atoms with Crippen LogP contribution < -0.4 is 4.74 Å². The molecule has 0 unspecified atom stereocenters. The minimum absolute atomic E-state index is 0.164. The normalized spacial score (nSPS) is 18.3. The number of carbonyl (C=O) groups excluding carboxylic acids is 1. The zero-order chi connectivity index (χ0) is 10.3. The molecule has 1 aliphatic heterocycles. The molecule has 0 amide bonds. The van der Waals surface area contributed by atoms with E-state index >= 15 is 0 Å². The highest BCUT2D eigenvalue weighted by atomic mass is 16.5. The maximum atomic E-state index is 11.3. The summed E-state index contributed by atoms with van der Waals surface area (Å²) in [6.07, 6.45) is 4.83. The number of carbonyl (C=O) groups is 1. The predicted molar refractivity (Wildman–Crippen MR) is 56.6 cm³/mol. The van der Waals surface area contributed by atoms with Crippen molar-refractivity contribution in [1.82, 2.24) is 0 Å². The Morgan fingerprint density at radius 1 is 1.20 bits per heavy atom. The molecule has 0 saturated heterocycles. The van der Waals surface area contributed by atoms with Crippen molar-refractivity contribution in [2.75, 3.05) is 0 Å². The fraction of sp³-hybridized carbons (Fsp3) is 0.154. The average molecular weight is 198 g/mol. The molecule has 0 radical (unpaired) electrons. The van der Waals surface area contributed by atoms with Crippen LogP contribution >= 0.6 is 0 Å². The number of hydrogen-bond donors (Lipinski definition) is 0. The van der Waals surface area contributed by atoms with Gasteiger partial charge in [0.25, 0.3) is 0 Å². The second kappa shape index (κ2) is 3.09. The summed E-state index contributed by atoms with van der Waals surface area (Å²) in [6, 6.07) is 7.94. The lowest BCUT2D eigenvalue weighted by Gasteiger charge is -2.23. The first kappa shape index (κ1) is 8.48. The average Bonchev–Trinajstić information content (AvgIpc) is 2.26. The van der Waals surface area contributed by atoms with Crippen molar-refractivity contribution in [3.8, 4) is 5.75 Å². The summed E-state index contributed by atoms with van der Waals surface area (Å²) in [5.74, 6) is 1.93. The van der Waals surface area contributed by atoms with E-state index in [0.717, 1.165) is 29.1 Å². The minimum atomic E-state index is 0.164. The molecule has 1 aromatic carbocycles. The molecule has 3 rings (SSSR count). The molecule has 2 aliphatic rings. The van der Waals surface area contributed by atoms with Crippen LogP contribution in [0.15, 0.2) is 47.7 Å². The fourth-order valence-corrected chi connectivity index (χ4v) is 1.97. The van der Waals surface area contributed by atoms with Gasteiger partial charge in [-0.1, -0.05) is 18.2 Å². The van der Waals surface area contributed by atoms with Crippen molar-refractivity contribution < 1.29 is 9.53 Å². The van der Waals surface area contributed by atoms with Crippen molar-refractivity contribution in [3.63, 3.8) is 0 Å². The molecular weight excluding hydrogens is 188 g/mol. The molecule has 2 nitrogen and oxygen atoms in total. The summed E-state index contributed by atoms with van der Waals surface area (Å²) in [5.41, 5.74) is 2.15. The number of benzene rings is 1. The third-order valence-electron chi connectivity index (χ3n) is 2.71. The molecule has 74 valence electrons. The topological polar surface area (TPSA) is 26.3 Å². The number of allylic oxidation sites excluding steroid dienone is 3. The molecule has 0 atom stereocenters. The number of fused-ring (bicyclic) bond motifs is 2. The number of rotatable bonds is 0. The summed E-state index contributed by atoms with van der Waals surface area (Å²) in [6.45, 7) is 0. The number of para-hydroxylation sites is 1. The van der Waals surface area contributed by atoms with Gasteiger partial charge in [0, 0.05) is 18.4 Å². The highest BCUT2D eigenvalue weighted by molar-refractivity contribution is 5.93. The van der Waals surface area contributed by atoms with Crippen LogP contribution in [0.3, 0.4) is 0 Å². The molecule has 2 heteroatoms. The summed E-state index contributed by atoms with van der Waals surface area (Å²) in [4.78, 5) is 11.3. The Hall–Kier alpha value is -1.83. The van der Waals surface area contributed by atoms with Gasteiger partial charge in [-0.25, -0.2) is 0 Å². The van der Waals surface area contributed by atoms with Crippen molar-refractivity contribution in [2.24, 2.45) is 0 Å². The van der Waals surface area contributed by atoms with Gasteiger partial charge in [-0.05, 0) is 23.8 Å². The van der Waals surface area contributed by atoms with Crippen LogP contribution in [0.25, 0.3) is 0 Å². The maximum Gasteiger partial charge on any atom is 0.160 e. The van der Waals surface area contributed by atoms with Gasteiger partial charge in [0.15, 0.2) is 5.78 Å². The Morgan fingerprint density at radius 3 is 3.00 bits per heavy atom. The van der Waals surface area contributed by atoms with Gasteiger partial charge in [-0.15, -0.1) is 0 Å². The third-order valence-corrected chi connectivity index (χ3v) is 2.71. The van der Waals surface area contributed by atoms with E-state index < -0.39 is 0 Å². The molecule has 15 heavy (non-hydrogen) atoms. The van der Waals surface area contributed by atoms with Gasteiger partial charge in [-0.3, -0.25) is 4.79 Å². The van der Waals surface area contributed by atoms with Crippen LogP contribution in [0.1, 0.15) is 12.0 Å². The van der Waals surface area contributed by atoms with E-state index in [2.05, 4.69) is 0 Å². The van der Waals surface area contributed by atoms with E-state index in [0.29, 0.717) is 6.42 Å². The van der Waals surface area contributed by atoms with E-state index in [1.54, 1.807) is 6.08 Å². The Morgan fingerprint density at radius 2 is 2.07 bits per heavy atom. The molecule has 1 heterocycles. The molecule has 1 aliphatic carbocycles. The molecule has 1 aromatic rings. The van der Waals surface area contributed by atoms with E-state index in [-0.39, 0.29) is 5.78 Å². The zero-order valence-electron chi connectivity index (χ0n) is 8.19. The SMILES string of the molecule is O=C1C=C2Cc3ccccc3OC2=CC1. The van der Waals surface area contributed by atoms with Gasteiger partial charge in [0.1, 0.15) is 11.5 Å². The molecule has 0 aromatic heterocycles. The Labute approximate surface area is 87.9 Å². The molecular formula is C13H10O2. The second-order valence-corrected chi connectivity index (χ2v) is 3.79. The first-order valence-electron chi connectivity index (χ1n) is 5.02. The summed E-state index contributed by atoms with van der Waals surface area (Å²) in [5, 5.41) is 0. The van der Waals surface area contributed by atoms with Crippen LogP contribution in [0.5, 0.6) is 5.75 Å². The largest absolute Gasteiger partial charge is 0.457 e. The molecule has 0 bridgehead atoms. The molecule has 0 saturated carbocycles. The van der Waals surface area contributed by atoms with E-state index in [1.165, 1.54) is 0 Å². The third kappa shape index (κ3) is 1.38. The molecule has 0 N–H and O–H groups in total. The number of ketones is 1. The van der Waals surface area contributed by atoms with Crippen molar-refractivity contribution in [3.05, 3.63) is 53.3 Å². The van der Waals surface area contributed by atoms with Crippen LogP contribution in [-0.2, 0) is 11.2 Å². The van der Waals surface area contributed by atoms with Crippen molar-refractivity contribution in [2.45, 2.75) is 12.8 Å². The Kier molecular flexibility index (Phi) is 1.75. The first-order valence-corrected chi connectivity index (χ1v) is 5.02. The Balaban J connectivity index is 2.07. The lowest BCUT2D eigenvalue weighted by atomic mass is 9.94. The number of hydrogen-bond acceptors (Lipinski definition) is 2. The minimum Gasteiger partial charge on any atom is -0.457 e. The first-order chi connectivity index (χ1) is 7.33. The smallest absolute Gasteiger partial charge is 0.160 e. The molecule has 0 fully saturated rings. The predicted octanol–water partition coefficient (Wildman–Crippen LogP) is 2.40. The van der Waals surface area contributed by atoms with Gasteiger partial charge < -0.3 is 4.74 Å². The van der Waals surface area contributed by atoms with Gasteiger partial charge in [-0.2, -0.15) is 0 Å². The summed E-state index contributed by atoms with van der Waals surface area (Å²) >= 11 is 0. The summed E-state index contributed by atoms with van der Waals surface area (Å²) in [7, 11) is 0. The fourth-order valence-electron chi connectivity index (χ4n) is 1.97. The van der Waals surface area contributed by atoms with E-state index in [1.807, 2.05) is 30.3 Å². The van der Waals surface area contributed by atoms with Gasteiger partial charge in [0.2, 0.25) is 0 Å².